The first-order valence-corrected chi connectivity index (χ1v) is 7.61. The Bertz CT molecular complexity index is 677. The lowest BCUT2D eigenvalue weighted by Gasteiger charge is -2.13. The highest BCUT2D eigenvalue weighted by Gasteiger charge is 2.25. The Morgan fingerprint density at radius 1 is 1.30 bits per heavy atom. The van der Waals surface area contributed by atoms with E-state index < -0.39 is 38.0 Å². The van der Waals surface area contributed by atoms with Crippen LogP contribution in [0.4, 0.5) is 4.39 Å². The normalized spacial score (nSPS) is 11.4. The van der Waals surface area contributed by atoms with Crippen LogP contribution in [0, 0.1) is 5.82 Å². The number of halogens is 1. The highest BCUT2D eigenvalue weighted by molar-refractivity contribution is 7.90. The van der Waals surface area contributed by atoms with Crippen molar-refractivity contribution in [2.75, 3.05) is 6.26 Å². The Kier molecular flexibility index (Phi) is 4.49. The molecule has 0 aromatic heterocycles. The Hall–Kier alpha value is -1.96. The molecule has 110 valence electrons. The Labute approximate surface area is 116 Å². The van der Waals surface area contributed by atoms with Gasteiger partial charge in [0.25, 0.3) is 5.91 Å². The van der Waals surface area contributed by atoms with Crippen molar-refractivity contribution in [3.05, 3.63) is 29.1 Å². The molecule has 0 spiro atoms. The molecule has 0 saturated carbocycles. The number of rotatable bonds is 3. The lowest BCUT2D eigenvalue weighted by molar-refractivity contribution is 0.0998. The van der Waals surface area contributed by atoms with Gasteiger partial charge in [0.1, 0.15) is 4.90 Å². The summed E-state index contributed by atoms with van der Waals surface area (Å²) in [6.07, 6.45) is 0.881. The Morgan fingerprint density at radius 2 is 1.85 bits per heavy atom. The van der Waals surface area contributed by atoms with E-state index in [1.807, 2.05) is 0 Å². The number of nitrogens with two attached hydrogens (primary N) is 2. The highest BCUT2D eigenvalue weighted by Crippen LogP contribution is 2.28. The largest absolute Gasteiger partial charge is 0.370 e. The molecule has 1 aromatic rings. The second-order valence-corrected chi connectivity index (χ2v) is 6.57. The van der Waals surface area contributed by atoms with Gasteiger partial charge in [0, 0.05) is 6.26 Å². The van der Waals surface area contributed by atoms with Gasteiger partial charge in [-0.3, -0.25) is 4.79 Å². The first-order chi connectivity index (χ1) is 9.05. The fraction of sp³-hybridized carbons (Fsp3) is 0.333. The number of carbonyl (C=O) groups is 1. The monoisotopic (exact) mass is 301 g/mol. The average Bonchev–Trinajstić information content (AvgIpc) is 2.25. The second kappa shape index (κ2) is 5.58. The van der Waals surface area contributed by atoms with Crippen LogP contribution in [0.15, 0.2) is 22.0 Å². The Morgan fingerprint density at radius 3 is 2.25 bits per heavy atom. The van der Waals surface area contributed by atoms with Crippen molar-refractivity contribution in [3.63, 3.8) is 0 Å². The number of benzene rings is 1. The molecule has 4 N–H and O–H groups in total. The molecule has 0 radical (unpaired) electrons. The number of carbonyl (C=O) groups excluding carboxylic acids is 1. The van der Waals surface area contributed by atoms with Crippen molar-refractivity contribution in [3.8, 4) is 0 Å². The van der Waals surface area contributed by atoms with Gasteiger partial charge in [-0.1, -0.05) is 19.9 Å². The van der Waals surface area contributed by atoms with E-state index in [0.717, 1.165) is 6.26 Å². The lowest BCUT2D eigenvalue weighted by atomic mass is 10.0. The zero-order valence-electron chi connectivity index (χ0n) is 11.3. The minimum atomic E-state index is -3.83. The molecule has 20 heavy (non-hydrogen) atoms. The smallest absolute Gasteiger partial charge is 0.283 e. The fourth-order valence-corrected chi connectivity index (χ4v) is 2.91. The summed E-state index contributed by atoms with van der Waals surface area (Å²) >= 11 is 0. The number of amides is 1. The quantitative estimate of drug-likeness (QED) is 0.632. The highest BCUT2D eigenvalue weighted by atomic mass is 32.2. The molecule has 6 nitrogen and oxygen atoms in total. The van der Waals surface area contributed by atoms with Crippen LogP contribution in [0.25, 0.3) is 0 Å². The van der Waals surface area contributed by atoms with E-state index in [9.17, 15) is 17.6 Å². The number of hydrogen-bond acceptors (Lipinski definition) is 3. The maximum atomic E-state index is 14.3. The van der Waals surface area contributed by atoms with Crippen molar-refractivity contribution in [2.24, 2.45) is 16.5 Å². The van der Waals surface area contributed by atoms with Crippen LogP contribution in [0.2, 0.25) is 0 Å². The molecular weight excluding hydrogens is 285 g/mol. The lowest BCUT2D eigenvalue weighted by Crippen LogP contribution is -2.24. The maximum Gasteiger partial charge on any atom is 0.283 e. The van der Waals surface area contributed by atoms with Gasteiger partial charge in [-0.05, 0) is 17.5 Å². The fourth-order valence-electron chi connectivity index (χ4n) is 1.75. The SMILES string of the molecule is CC(C)c1ccc(C(=O)N=C(N)N)c(F)c1S(C)(=O)=O. The van der Waals surface area contributed by atoms with Gasteiger partial charge >= 0.3 is 0 Å². The van der Waals surface area contributed by atoms with Gasteiger partial charge in [-0.25, -0.2) is 12.8 Å². The standard InChI is InChI=1S/C12H16FN3O3S/c1-6(2)7-4-5-8(11(17)16-12(14)15)9(13)10(7)20(3,18)19/h4-6H,1-3H3,(H4,14,15,16,17). The van der Waals surface area contributed by atoms with Crippen LogP contribution >= 0.6 is 0 Å². The zero-order chi connectivity index (χ0) is 15.7. The molecule has 0 aliphatic rings. The number of aliphatic imine (C=N–C) groups is 1. The summed E-state index contributed by atoms with van der Waals surface area (Å²) < 4.78 is 37.8. The number of nitrogens with zero attached hydrogens (tertiary/aromatic N) is 1. The number of guanidine groups is 1. The van der Waals surface area contributed by atoms with Gasteiger partial charge in [-0.2, -0.15) is 4.99 Å². The van der Waals surface area contributed by atoms with Gasteiger partial charge in [0.05, 0.1) is 5.56 Å². The van der Waals surface area contributed by atoms with Crippen LogP contribution in [0.3, 0.4) is 0 Å². The molecule has 0 fully saturated rings. The van der Waals surface area contributed by atoms with E-state index in [0.29, 0.717) is 5.56 Å². The molecule has 0 aliphatic carbocycles. The van der Waals surface area contributed by atoms with E-state index in [1.54, 1.807) is 13.8 Å². The summed E-state index contributed by atoms with van der Waals surface area (Å²) in [7, 11) is -3.83. The summed E-state index contributed by atoms with van der Waals surface area (Å²) in [5.74, 6) is -2.90. The first-order valence-electron chi connectivity index (χ1n) is 5.72. The van der Waals surface area contributed by atoms with E-state index in [2.05, 4.69) is 4.99 Å². The van der Waals surface area contributed by atoms with Crippen LogP contribution in [0.1, 0.15) is 35.7 Å². The molecule has 1 aromatic carbocycles. The predicted molar refractivity (Wildman–Crippen MR) is 73.7 cm³/mol. The average molecular weight is 301 g/mol. The minimum Gasteiger partial charge on any atom is -0.370 e. The van der Waals surface area contributed by atoms with E-state index in [1.165, 1.54) is 12.1 Å². The van der Waals surface area contributed by atoms with Crippen molar-refractivity contribution in [1.29, 1.82) is 0 Å². The maximum absolute atomic E-state index is 14.3. The number of sulfone groups is 1. The van der Waals surface area contributed by atoms with Crippen molar-refractivity contribution < 1.29 is 17.6 Å². The molecule has 8 heteroatoms. The van der Waals surface area contributed by atoms with Crippen LogP contribution in [0.5, 0.6) is 0 Å². The summed E-state index contributed by atoms with van der Waals surface area (Å²) in [5.41, 5.74) is 9.91. The third kappa shape index (κ3) is 3.32. The second-order valence-electron chi connectivity index (χ2n) is 4.61. The third-order valence-electron chi connectivity index (χ3n) is 2.58. The van der Waals surface area contributed by atoms with Gasteiger partial charge in [-0.15, -0.1) is 0 Å². The van der Waals surface area contributed by atoms with Crippen molar-refractivity contribution >= 4 is 21.7 Å². The summed E-state index contributed by atoms with van der Waals surface area (Å²) in [6, 6.07) is 2.56. The van der Waals surface area contributed by atoms with Crippen molar-refractivity contribution in [2.45, 2.75) is 24.7 Å². The van der Waals surface area contributed by atoms with Crippen LogP contribution in [-0.2, 0) is 9.84 Å². The van der Waals surface area contributed by atoms with Crippen LogP contribution in [-0.4, -0.2) is 26.5 Å². The molecule has 0 bridgehead atoms. The summed E-state index contributed by atoms with van der Waals surface area (Å²) in [6.45, 7) is 3.45. The van der Waals surface area contributed by atoms with E-state index in [4.69, 9.17) is 11.5 Å². The molecule has 1 amide bonds. The van der Waals surface area contributed by atoms with Gasteiger partial charge < -0.3 is 11.5 Å². The molecule has 0 heterocycles. The first kappa shape index (κ1) is 16.1. The topological polar surface area (TPSA) is 116 Å². The van der Waals surface area contributed by atoms with E-state index in [-0.39, 0.29) is 5.92 Å². The van der Waals surface area contributed by atoms with Gasteiger partial charge in [0.15, 0.2) is 21.6 Å². The summed E-state index contributed by atoms with van der Waals surface area (Å²) in [5, 5.41) is 0. The zero-order valence-corrected chi connectivity index (χ0v) is 12.2. The molecule has 0 unspecified atom stereocenters. The van der Waals surface area contributed by atoms with Crippen molar-refractivity contribution in [1.82, 2.24) is 0 Å². The predicted octanol–water partition coefficient (Wildman–Crippen LogP) is 0.766. The molecule has 0 saturated heterocycles. The van der Waals surface area contributed by atoms with Crippen LogP contribution < -0.4 is 11.5 Å². The minimum absolute atomic E-state index is 0.221. The third-order valence-corrected chi connectivity index (χ3v) is 3.74. The van der Waals surface area contributed by atoms with Gasteiger partial charge in [0.2, 0.25) is 0 Å². The molecule has 1 rings (SSSR count). The van der Waals surface area contributed by atoms with E-state index >= 15 is 0 Å². The molecule has 0 atom stereocenters. The summed E-state index contributed by atoms with van der Waals surface area (Å²) in [4.78, 5) is 14.4. The molecular formula is C12H16FN3O3S. The number of hydrogen-bond donors (Lipinski definition) is 2. The molecule has 0 aliphatic heterocycles. The Balaban J connectivity index is 3.64.